The molecule has 1 aliphatic rings. The van der Waals surface area contributed by atoms with Gasteiger partial charge in [0.2, 0.25) is 0 Å². The van der Waals surface area contributed by atoms with Crippen LogP contribution in [0.5, 0.6) is 11.8 Å². The van der Waals surface area contributed by atoms with Crippen LogP contribution in [-0.4, -0.2) is 19.9 Å². The van der Waals surface area contributed by atoms with E-state index in [-0.39, 0.29) is 11.9 Å². The van der Waals surface area contributed by atoms with Crippen LogP contribution in [0.15, 0.2) is 54.6 Å². The summed E-state index contributed by atoms with van der Waals surface area (Å²) in [5.74, 6) is 1.10. The van der Waals surface area contributed by atoms with Gasteiger partial charge in [0.15, 0.2) is 5.69 Å². The number of nitrogens with one attached hydrogen (secondary N) is 1. The van der Waals surface area contributed by atoms with E-state index in [0.717, 1.165) is 35.5 Å². The fourth-order valence-electron chi connectivity index (χ4n) is 3.10. The highest BCUT2D eigenvalue weighted by molar-refractivity contribution is 5.79. The van der Waals surface area contributed by atoms with Crippen molar-refractivity contribution in [3.63, 3.8) is 0 Å². The summed E-state index contributed by atoms with van der Waals surface area (Å²) in [5.41, 5.74) is 2.00. The van der Waals surface area contributed by atoms with E-state index in [9.17, 15) is 13.2 Å². The van der Waals surface area contributed by atoms with E-state index in [0.29, 0.717) is 17.3 Å². The van der Waals surface area contributed by atoms with Crippen LogP contribution in [0.4, 0.5) is 13.2 Å². The topological polar surface area (TPSA) is 63.7 Å². The Balaban J connectivity index is 1.41. The van der Waals surface area contributed by atoms with Crippen molar-refractivity contribution in [2.45, 2.75) is 24.9 Å². The molecule has 1 saturated carbocycles. The summed E-state index contributed by atoms with van der Waals surface area (Å²) in [6.07, 6.45) is -2.88. The lowest BCUT2D eigenvalue weighted by Gasteiger charge is -2.11. The average Bonchev–Trinajstić information content (AvgIpc) is 3.46. The van der Waals surface area contributed by atoms with Crippen LogP contribution in [0.1, 0.15) is 30.1 Å². The number of imidazole rings is 1. The number of hydrogen-bond donors (Lipinski definition) is 1. The van der Waals surface area contributed by atoms with Crippen LogP contribution in [0.3, 0.4) is 0 Å². The smallest absolute Gasteiger partial charge is 0.424 e. The van der Waals surface area contributed by atoms with Gasteiger partial charge in [0.25, 0.3) is 0 Å². The van der Waals surface area contributed by atoms with E-state index in [2.05, 4.69) is 19.9 Å². The van der Waals surface area contributed by atoms with Crippen LogP contribution < -0.4 is 4.74 Å². The van der Waals surface area contributed by atoms with E-state index in [1.807, 2.05) is 24.3 Å². The molecule has 146 valence electrons. The molecule has 5 rings (SSSR count). The summed E-state index contributed by atoms with van der Waals surface area (Å²) < 4.78 is 45.0. The number of ether oxygens (including phenoxy) is 1. The molecule has 1 aliphatic carbocycles. The number of H-pyrrole nitrogens is 1. The normalized spacial score (nSPS) is 14.3. The van der Waals surface area contributed by atoms with Gasteiger partial charge in [-0.1, -0.05) is 12.1 Å². The first kappa shape index (κ1) is 17.7. The Hall–Kier alpha value is -3.42. The summed E-state index contributed by atoms with van der Waals surface area (Å²) in [7, 11) is 0. The Morgan fingerprint density at radius 1 is 0.931 bits per heavy atom. The zero-order valence-corrected chi connectivity index (χ0v) is 15.1. The Morgan fingerprint density at radius 2 is 1.69 bits per heavy atom. The summed E-state index contributed by atoms with van der Waals surface area (Å²) >= 11 is 0. The van der Waals surface area contributed by atoms with Crippen molar-refractivity contribution in [3.8, 4) is 23.1 Å². The molecule has 0 radical (unpaired) electrons. The number of halogens is 3. The van der Waals surface area contributed by atoms with Gasteiger partial charge < -0.3 is 9.72 Å². The summed E-state index contributed by atoms with van der Waals surface area (Å²) in [6.45, 7) is 0. The number of aromatic nitrogens is 4. The van der Waals surface area contributed by atoms with Crippen LogP contribution in [0, 0.1) is 0 Å². The summed E-state index contributed by atoms with van der Waals surface area (Å²) in [5, 5.41) is 0. The maximum atomic E-state index is 13.1. The lowest BCUT2D eigenvalue weighted by molar-refractivity contribution is -0.141. The first-order valence-corrected chi connectivity index (χ1v) is 9.15. The monoisotopic (exact) mass is 396 g/mol. The Kier molecular flexibility index (Phi) is 4.01. The molecule has 2 heterocycles. The molecule has 0 amide bonds. The van der Waals surface area contributed by atoms with Gasteiger partial charge in [0.05, 0.1) is 16.7 Å². The Morgan fingerprint density at radius 3 is 2.38 bits per heavy atom. The van der Waals surface area contributed by atoms with Gasteiger partial charge in [0, 0.05) is 11.5 Å². The second-order valence-electron chi connectivity index (χ2n) is 6.96. The van der Waals surface area contributed by atoms with Crippen molar-refractivity contribution in [1.82, 2.24) is 19.9 Å². The molecule has 29 heavy (non-hydrogen) atoms. The van der Waals surface area contributed by atoms with Crippen LogP contribution in [0.2, 0.25) is 0 Å². The highest BCUT2D eigenvalue weighted by Crippen LogP contribution is 2.41. The highest BCUT2D eigenvalue weighted by atomic mass is 19.4. The molecule has 4 aromatic rings. The van der Waals surface area contributed by atoms with E-state index in [4.69, 9.17) is 4.74 Å². The van der Waals surface area contributed by atoms with E-state index in [1.54, 1.807) is 24.3 Å². The van der Waals surface area contributed by atoms with E-state index in [1.165, 1.54) is 0 Å². The molecule has 0 aliphatic heterocycles. The Labute approximate surface area is 163 Å². The van der Waals surface area contributed by atoms with Gasteiger partial charge in [-0.2, -0.15) is 23.1 Å². The molecular weight excluding hydrogens is 381 g/mol. The van der Waals surface area contributed by atoms with E-state index < -0.39 is 11.9 Å². The molecule has 0 bridgehead atoms. The molecule has 1 fully saturated rings. The number of hydrogen-bond acceptors (Lipinski definition) is 4. The molecular formula is C21H15F3N4O. The molecule has 0 unspecified atom stereocenters. The van der Waals surface area contributed by atoms with Gasteiger partial charge in [-0.15, -0.1) is 0 Å². The summed E-state index contributed by atoms with van der Waals surface area (Å²) in [6, 6.07) is 15.3. The molecule has 0 saturated heterocycles. The third-order valence-corrected chi connectivity index (χ3v) is 4.74. The van der Waals surface area contributed by atoms with Crippen molar-refractivity contribution in [2.24, 2.45) is 0 Å². The first-order valence-electron chi connectivity index (χ1n) is 9.15. The predicted molar refractivity (Wildman–Crippen MR) is 101 cm³/mol. The van der Waals surface area contributed by atoms with Gasteiger partial charge >= 0.3 is 12.2 Å². The standard InChI is InChI=1S/C21H15F3N4O/c22-21(23,24)18-11-17(12-5-6-12)27-20(28-18)29-14-9-7-13(8-10-14)19-25-15-3-1-2-4-16(15)26-19/h1-4,7-12H,5-6H2,(H,25,26). The number of benzene rings is 2. The molecule has 0 atom stereocenters. The number of para-hydroxylation sites is 2. The quantitative estimate of drug-likeness (QED) is 0.480. The highest BCUT2D eigenvalue weighted by Gasteiger charge is 2.36. The minimum Gasteiger partial charge on any atom is -0.424 e. The van der Waals surface area contributed by atoms with Crippen LogP contribution in [0.25, 0.3) is 22.4 Å². The number of fused-ring (bicyclic) bond motifs is 1. The van der Waals surface area contributed by atoms with Gasteiger partial charge in [-0.05, 0) is 55.3 Å². The third-order valence-electron chi connectivity index (χ3n) is 4.74. The number of nitrogens with zero attached hydrogens (tertiary/aromatic N) is 3. The maximum absolute atomic E-state index is 13.1. The molecule has 2 aromatic heterocycles. The van der Waals surface area contributed by atoms with Crippen molar-refractivity contribution >= 4 is 11.0 Å². The number of alkyl halides is 3. The largest absolute Gasteiger partial charge is 0.433 e. The fourth-order valence-corrected chi connectivity index (χ4v) is 3.10. The van der Waals surface area contributed by atoms with Crippen LogP contribution in [-0.2, 0) is 6.18 Å². The molecule has 5 nitrogen and oxygen atoms in total. The van der Waals surface area contributed by atoms with Crippen molar-refractivity contribution in [1.29, 1.82) is 0 Å². The van der Waals surface area contributed by atoms with E-state index >= 15 is 0 Å². The molecule has 2 aromatic carbocycles. The molecule has 8 heteroatoms. The van der Waals surface area contributed by atoms with Crippen molar-refractivity contribution in [2.75, 3.05) is 0 Å². The first-order chi connectivity index (χ1) is 14.0. The lowest BCUT2D eigenvalue weighted by atomic mass is 10.2. The summed E-state index contributed by atoms with van der Waals surface area (Å²) in [4.78, 5) is 15.5. The molecule has 1 N–H and O–H groups in total. The van der Waals surface area contributed by atoms with Crippen LogP contribution >= 0.6 is 0 Å². The van der Waals surface area contributed by atoms with Crippen molar-refractivity contribution in [3.05, 3.63) is 66.0 Å². The average molecular weight is 396 g/mol. The minimum atomic E-state index is -4.55. The molecule has 0 spiro atoms. The lowest BCUT2D eigenvalue weighted by Crippen LogP contribution is -2.11. The predicted octanol–water partition coefficient (Wildman–Crippen LogP) is 5.71. The second kappa shape index (κ2) is 6.58. The zero-order chi connectivity index (χ0) is 20.0. The number of aromatic amines is 1. The number of rotatable bonds is 4. The van der Waals surface area contributed by atoms with Gasteiger partial charge in [-0.25, -0.2) is 4.98 Å². The fraction of sp³-hybridized carbons (Fsp3) is 0.190. The minimum absolute atomic E-state index is 0.0527. The Bertz CT molecular complexity index is 1150. The third kappa shape index (κ3) is 3.65. The maximum Gasteiger partial charge on any atom is 0.433 e. The second-order valence-corrected chi connectivity index (χ2v) is 6.96. The van der Waals surface area contributed by atoms with Gasteiger partial charge in [0.1, 0.15) is 11.6 Å². The SMILES string of the molecule is FC(F)(F)c1cc(C2CC2)nc(Oc2ccc(-c3nc4ccccc4[nH]3)cc2)n1. The van der Waals surface area contributed by atoms with Gasteiger partial charge in [-0.3, -0.25) is 0 Å². The van der Waals surface area contributed by atoms with Crippen molar-refractivity contribution < 1.29 is 17.9 Å². The zero-order valence-electron chi connectivity index (χ0n) is 15.1.